The van der Waals surface area contributed by atoms with Crippen LogP contribution in [0.25, 0.3) is 10.9 Å². The van der Waals surface area contributed by atoms with Crippen LogP contribution in [-0.4, -0.2) is 18.1 Å². The zero-order valence-electron chi connectivity index (χ0n) is 19.9. The number of halogens is 1. The summed E-state index contributed by atoms with van der Waals surface area (Å²) >= 11 is 8.16. The molecule has 4 aromatic rings. The molecule has 2 aliphatic rings. The minimum absolute atomic E-state index is 0.756. The maximum atomic E-state index is 6.28. The number of benzene rings is 3. The Morgan fingerprint density at radius 1 is 0.857 bits per heavy atom. The number of rotatable bonds is 7. The Labute approximate surface area is 216 Å². The Morgan fingerprint density at radius 2 is 1.60 bits per heavy atom. The molecule has 0 fully saturated rings. The van der Waals surface area contributed by atoms with Gasteiger partial charge in [0.1, 0.15) is 0 Å². The number of para-hydroxylation sites is 2. The van der Waals surface area contributed by atoms with Gasteiger partial charge in [-0.05, 0) is 93.0 Å². The molecule has 6 rings (SSSR count). The fraction of sp³-hybridized carbons (Fsp3) is 0.300. The Hall–Kier alpha value is -2.69. The molecule has 1 aliphatic carbocycles. The van der Waals surface area contributed by atoms with E-state index in [0.717, 1.165) is 42.9 Å². The highest BCUT2D eigenvalue weighted by molar-refractivity contribution is 7.99. The van der Waals surface area contributed by atoms with E-state index in [0.29, 0.717) is 0 Å². The topological polar surface area (TPSA) is 28.2 Å². The quantitative estimate of drug-likeness (QED) is 0.257. The van der Waals surface area contributed by atoms with Crippen LogP contribution in [0.4, 0.5) is 17.1 Å². The van der Waals surface area contributed by atoms with E-state index < -0.39 is 0 Å². The highest BCUT2D eigenvalue weighted by atomic mass is 35.5. The molecular formula is C30H30ClN3S. The second kappa shape index (κ2) is 10.1. The molecule has 0 atom stereocenters. The third-order valence-electron chi connectivity index (χ3n) is 7.12. The maximum Gasteiger partial charge on any atom is 0.0741 e. The van der Waals surface area contributed by atoms with Gasteiger partial charge in [-0.3, -0.25) is 4.98 Å². The first-order valence-corrected chi connectivity index (χ1v) is 14.0. The molecule has 0 unspecified atom stereocenters. The van der Waals surface area contributed by atoms with Crippen molar-refractivity contribution in [3.63, 3.8) is 0 Å². The van der Waals surface area contributed by atoms with E-state index in [2.05, 4.69) is 64.8 Å². The van der Waals surface area contributed by atoms with Crippen molar-refractivity contribution in [2.75, 3.05) is 23.3 Å². The number of unbranched alkanes of at least 4 members (excludes halogenated alkanes) is 2. The van der Waals surface area contributed by atoms with Crippen LogP contribution < -0.4 is 10.2 Å². The van der Waals surface area contributed by atoms with E-state index >= 15 is 0 Å². The van der Waals surface area contributed by atoms with Gasteiger partial charge < -0.3 is 10.2 Å². The van der Waals surface area contributed by atoms with Gasteiger partial charge in [0.15, 0.2) is 0 Å². The average Bonchev–Trinajstić information content (AvgIpc) is 2.89. The Balaban J connectivity index is 1.11. The first kappa shape index (κ1) is 22.8. The first-order chi connectivity index (χ1) is 17.3. The van der Waals surface area contributed by atoms with Gasteiger partial charge in [0.25, 0.3) is 0 Å². The van der Waals surface area contributed by atoms with Crippen molar-refractivity contribution in [2.45, 2.75) is 54.7 Å². The van der Waals surface area contributed by atoms with Crippen molar-refractivity contribution in [3.05, 3.63) is 83.0 Å². The van der Waals surface area contributed by atoms with Crippen LogP contribution in [0.5, 0.6) is 0 Å². The van der Waals surface area contributed by atoms with Crippen molar-refractivity contribution >= 4 is 51.3 Å². The van der Waals surface area contributed by atoms with Crippen molar-refractivity contribution in [2.24, 2.45) is 0 Å². The second-order valence-corrected chi connectivity index (χ2v) is 11.0. The number of fused-ring (bicyclic) bond motifs is 4. The number of nitrogens with zero attached hydrogens (tertiary/aromatic N) is 2. The fourth-order valence-electron chi connectivity index (χ4n) is 5.41. The van der Waals surface area contributed by atoms with Crippen LogP contribution in [0.2, 0.25) is 5.02 Å². The molecule has 0 amide bonds. The van der Waals surface area contributed by atoms with Crippen molar-refractivity contribution in [1.82, 2.24) is 4.98 Å². The Bertz CT molecular complexity index is 1320. The minimum atomic E-state index is 0.756. The second-order valence-electron chi connectivity index (χ2n) is 9.46. The van der Waals surface area contributed by atoms with Crippen LogP contribution in [-0.2, 0) is 12.8 Å². The Kier molecular flexibility index (Phi) is 6.58. The van der Waals surface area contributed by atoms with E-state index in [-0.39, 0.29) is 0 Å². The van der Waals surface area contributed by atoms with Crippen LogP contribution in [0.3, 0.4) is 0 Å². The molecule has 0 saturated heterocycles. The number of anilines is 3. The molecule has 0 radical (unpaired) electrons. The smallest absolute Gasteiger partial charge is 0.0741 e. The summed E-state index contributed by atoms with van der Waals surface area (Å²) in [7, 11) is 0. The molecule has 3 aromatic carbocycles. The van der Waals surface area contributed by atoms with Crippen LogP contribution in [0, 0.1) is 0 Å². The molecule has 3 nitrogen and oxygen atoms in total. The molecule has 0 spiro atoms. The van der Waals surface area contributed by atoms with Gasteiger partial charge in [0.2, 0.25) is 0 Å². The minimum Gasteiger partial charge on any atom is -0.384 e. The summed E-state index contributed by atoms with van der Waals surface area (Å²) in [5, 5.41) is 5.76. The predicted octanol–water partition coefficient (Wildman–Crippen LogP) is 8.65. The van der Waals surface area contributed by atoms with Gasteiger partial charge in [-0.25, -0.2) is 0 Å². The highest BCUT2D eigenvalue weighted by Crippen LogP contribution is 2.47. The first-order valence-electron chi connectivity index (χ1n) is 12.8. The number of hydrogen-bond acceptors (Lipinski definition) is 4. The molecular weight excluding hydrogens is 470 g/mol. The molecule has 1 aliphatic heterocycles. The summed E-state index contributed by atoms with van der Waals surface area (Å²) < 4.78 is 0. The van der Waals surface area contributed by atoms with Gasteiger partial charge in [0, 0.05) is 44.7 Å². The lowest BCUT2D eigenvalue weighted by Crippen LogP contribution is -2.22. The van der Waals surface area contributed by atoms with E-state index in [1.165, 1.54) is 69.2 Å². The standard InChI is InChI=1S/C30H30ClN3S/c31-21-16-17-23-25(20-21)33-24-11-3-2-10-22(24)30(23)32-18-8-1-9-19-34-26-12-4-6-14-28(26)35-29-15-7-5-13-27(29)34/h4-7,12-17,20H,1-3,8-11,18-19H2,(H,32,33). The Morgan fingerprint density at radius 3 is 2.40 bits per heavy atom. The number of nitrogens with one attached hydrogen (secondary N) is 1. The lowest BCUT2D eigenvalue weighted by atomic mass is 9.92. The molecule has 5 heteroatoms. The van der Waals surface area contributed by atoms with E-state index in [9.17, 15) is 0 Å². The fourth-order valence-corrected chi connectivity index (χ4v) is 6.67. The van der Waals surface area contributed by atoms with Crippen LogP contribution in [0.15, 0.2) is 76.5 Å². The molecule has 35 heavy (non-hydrogen) atoms. The summed E-state index contributed by atoms with van der Waals surface area (Å²) in [6.45, 7) is 2.03. The highest BCUT2D eigenvalue weighted by Gasteiger charge is 2.22. The molecule has 178 valence electrons. The van der Waals surface area contributed by atoms with Crippen LogP contribution >= 0.6 is 23.4 Å². The number of pyridine rings is 1. The molecule has 2 heterocycles. The zero-order chi connectivity index (χ0) is 23.6. The summed E-state index contributed by atoms with van der Waals surface area (Å²) in [5.41, 5.74) is 7.66. The monoisotopic (exact) mass is 499 g/mol. The number of hydrogen-bond donors (Lipinski definition) is 1. The average molecular weight is 500 g/mol. The van der Waals surface area contributed by atoms with Gasteiger partial charge in [-0.15, -0.1) is 0 Å². The van der Waals surface area contributed by atoms with Gasteiger partial charge >= 0.3 is 0 Å². The zero-order valence-corrected chi connectivity index (χ0v) is 21.5. The summed E-state index contributed by atoms with van der Waals surface area (Å²) in [6, 6.07) is 23.7. The maximum absolute atomic E-state index is 6.28. The van der Waals surface area contributed by atoms with E-state index in [1.54, 1.807) is 0 Å². The molecule has 0 saturated carbocycles. The SMILES string of the molecule is Clc1ccc2c(NCCCCCN3c4ccccc4Sc4ccccc43)c3c(nc2c1)CCCC3. The van der Waals surface area contributed by atoms with Crippen molar-refractivity contribution in [3.8, 4) is 0 Å². The molecule has 0 bridgehead atoms. The number of aromatic nitrogens is 1. The van der Waals surface area contributed by atoms with Crippen molar-refractivity contribution < 1.29 is 0 Å². The lowest BCUT2D eigenvalue weighted by molar-refractivity contribution is 0.669. The number of aryl methyl sites for hydroxylation is 1. The van der Waals surface area contributed by atoms with Gasteiger partial charge in [0.05, 0.1) is 16.9 Å². The van der Waals surface area contributed by atoms with Gasteiger partial charge in [-0.2, -0.15) is 0 Å². The summed E-state index contributed by atoms with van der Waals surface area (Å²) in [5.74, 6) is 0. The summed E-state index contributed by atoms with van der Waals surface area (Å²) in [4.78, 5) is 10.2. The van der Waals surface area contributed by atoms with E-state index in [1.807, 2.05) is 23.9 Å². The molecule has 1 aromatic heterocycles. The lowest BCUT2D eigenvalue weighted by Gasteiger charge is -2.32. The predicted molar refractivity (Wildman–Crippen MR) is 150 cm³/mol. The third-order valence-corrected chi connectivity index (χ3v) is 8.48. The van der Waals surface area contributed by atoms with E-state index in [4.69, 9.17) is 16.6 Å². The normalized spacial score (nSPS) is 14.4. The molecule has 1 N–H and O–H groups in total. The van der Waals surface area contributed by atoms with Crippen molar-refractivity contribution in [1.29, 1.82) is 0 Å². The third kappa shape index (κ3) is 4.62. The van der Waals surface area contributed by atoms with Crippen LogP contribution in [0.1, 0.15) is 43.4 Å². The van der Waals surface area contributed by atoms with Gasteiger partial charge in [-0.1, -0.05) is 47.6 Å². The largest absolute Gasteiger partial charge is 0.384 e. The summed E-state index contributed by atoms with van der Waals surface area (Å²) in [6.07, 6.45) is 8.18.